The first-order valence-electron chi connectivity index (χ1n) is 9.79. The summed E-state index contributed by atoms with van der Waals surface area (Å²) in [7, 11) is 1.83. The fraction of sp³-hybridized carbons (Fsp3) is 0.318. The zero-order chi connectivity index (χ0) is 20.5. The molecule has 1 aliphatic rings. The third-order valence-electron chi connectivity index (χ3n) is 5.36. The van der Waals surface area contributed by atoms with E-state index in [-0.39, 0.29) is 11.8 Å². The molecule has 3 heterocycles. The van der Waals surface area contributed by atoms with Gasteiger partial charge in [0.15, 0.2) is 0 Å². The predicted octanol–water partition coefficient (Wildman–Crippen LogP) is 3.20. The van der Waals surface area contributed by atoms with Gasteiger partial charge in [-0.25, -0.2) is 0 Å². The van der Waals surface area contributed by atoms with Gasteiger partial charge in [0, 0.05) is 43.6 Å². The van der Waals surface area contributed by atoms with Gasteiger partial charge in [0.05, 0.1) is 6.20 Å². The Morgan fingerprint density at radius 3 is 2.62 bits per heavy atom. The normalized spacial score (nSPS) is 13.9. The molecule has 0 atom stereocenters. The van der Waals surface area contributed by atoms with Crippen LogP contribution in [0.15, 0.2) is 42.6 Å². The third-order valence-corrected chi connectivity index (χ3v) is 5.36. The second-order valence-electron chi connectivity index (χ2n) is 7.53. The highest BCUT2D eigenvalue weighted by Crippen LogP contribution is 2.22. The molecule has 0 radical (unpaired) electrons. The molecule has 0 saturated carbocycles. The fourth-order valence-electron chi connectivity index (χ4n) is 3.90. The maximum Gasteiger partial charge on any atom is 0.261 e. The lowest BCUT2D eigenvalue weighted by atomic mass is 10.2. The summed E-state index contributed by atoms with van der Waals surface area (Å²) in [6.07, 6.45) is 3.13. The second-order valence-corrected chi connectivity index (χ2v) is 7.53. The van der Waals surface area contributed by atoms with Crippen LogP contribution in [0.3, 0.4) is 0 Å². The quantitative estimate of drug-likeness (QED) is 0.726. The molecule has 3 aromatic rings. The minimum absolute atomic E-state index is 0.192. The Bertz CT molecular complexity index is 1060. The van der Waals surface area contributed by atoms with Gasteiger partial charge in [-0.3, -0.25) is 14.3 Å². The van der Waals surface area contributed by atoms with Crippen molar-refractivity contribution in [2.24, 2.45) is 7.05 Å². The van der Waals surface area contributed by atoms with Gasteiger partial charge in [-0.2, -0.15) is 5.10 Å². The number of aryl methyl sites for hydroxylation is 3. The highest BCUT2D eigenvalue weighted by molar-refractivity contribution is 6.06. The van der Waals surface area contributed by atoms with Crippen LogP contribution in [0.25, 0.3) is 5.82 Å². The summed E-state index contributed by atoms with van der Waals surface area (Å²) >= 11 is 0. The summed E-state index contributed by atoms with van der Waals surface area (Å²) in [4.78, 5) is 26.8. The molecule has 0 bridgehead atoms. The highest BCUT2D eigenvalue weighted by Gasteiger charge is 2.21. The van der Waals surface area contributed by atoms with Crippen molar-refractivity contribution in [3.63, 3.8) is 0 Å². The van der Waals surface area contributed by atoms with E-state index in [4.69, 9.17) is 0 Å². The molecule has 4 rings (SSSR count). The van der Waals surface area contributed by atoms with Crippen molar-refractivity contribution < 1.29 is 9.59 Å². The number of amides is 2. The van der Waals surface area contributed by atoms with Gasteiger partial charge in [0.1, 0.15) is 11.4 Å². The second kappa shape index (κ2) is 7.58. The largest absolute Gasteiger partial charge is 0.338 e. The van der Waals surface area contributed by atoms with Gasteiger partial charge >= 0.3 is 0 Å². The number of rotatable bonds is 5. The van der Waals surface area contributed by atoms with Crippen LogP contribution >= 0.6 is 0 Å². The summed E-state index contributed by atoms with van der Waals surface area (Å²) in [5.41, 5.74) is 4.29. The Labute approximate surface area is 169 Å². The summed E-state index contributed by atoms with van der Waals surface area (Å²) in [5.74, 6) is 0.716. The smallest absolute Gasteiger partial charge is 0.261 e. The Morgan fingerprint density at radius 2 is 1.93 bits per heavy atom. The number of carbonyl (C=O) groups is 2. The summed E-state index contributed by atoms with van der Waals surface area (Å²) < 4.78 is 3.74. The lowest BCUT2D eigenvalue weighted by Gasteiger charge is -2.16. The van der Waals surface area contributed by atoms with E-state index >= 15 is 0 Å². The topological polar surface area (TPSA) is 72.2 Å². The van der Waals surface area contributed by atoms with E-state index in [2.05, 4.69) is 10.4 Å². The average Bonchev–Trinajstić information content (AvgIpc) is 3.35. The molecule has 1 aromatic carbocycles. The minimum Gasteiger partial charge on any atom is -0.338 e. The van der Waals surface area contributed by atoms with Gasteiger partial charge in [0.2, 0.25) is 5.91 Å². The van der Waals surface area contributed by atoms with Crippen LogP contribution < -0.4 is 5.32 Å². The summed E-state index contributed by atoms with van der Waals surface area (Å²) in [6.45, 7) is 5.38. The van der Waals surface area contributed by atoms with Crippen LogP contribution in [0.4, 0.5) is 5.69 Å². The van der Waals surface area contributed by atoms with Gasteiger partial charge in [-0.1, -0.05) is 12.1 Å². The number of benzene rings is 1. The highest BCUT2D eigenvalue weighted by atomic mass is 16.2. The third kappa shape index (κ3) is 3.68. The molecule has 29 heavy (non-hydrogen) atoms. The van der Waals surface area contributed by atoms with E-state index < -0.39 is 0 Å². The van der Waals surface area contributed by atoms with Gasteiger partial charge in [0.25, 0.3) is 5.91 Å². The molecule has 1 aliphatic heterocycles. The minimum atomic E-state index is -0.213. The number of nitrogens with one attached hydrogen (secondary N) is 1. The molecule has 2 aromatic heterocycles. The molecule has 7 heteroatoms. The Balaban J connectivity index is 1.57. The average molecular weight is 391 g/mol. The zero-order valence-electron chi connectivity index (χ0n) is 17.0. The number of hydrogen-bond acceptors (Lipinski definition) is 3. The van der Waals surface area contributed by atoms with Crippen molar-refractivity contribution in [1.82, 2.24) is 19.2 Å². The summed E-state index contributed by atoms with van der Waals surface area (Å²) in [5, 5.41) is 7.28. The Hall–Kier alpha value is -3.35. The standard InChI is InChI=1S/C22H25N5O2/c1-15-9-10-16(2)27(15)22-19(13-23-25(22)3)21(29)24-18-7-4-6-17(12-18)14-26-11-5-8-20(26)28/h4,6-7,9-10,12-13H,5,8,11,14H2,1-3H3,(H,24,29). The molecule has 0 spiro atoms. The Kier molecular flexibility index (Phi) is 4.96. The molecular formula is C22H25N5O2. The van der Waals surface area contributed by atoms with Crippen molar-refractivity contribution >= 4 is 17.5 Å². The first-order valence-corrected chi connectivity index (χ1v) is 9.79. The number of hydrogen-bond donors (Lipinski definition) is 1. The van der Waals surface area contributed by atoms with Crippen LogP contribution in [-0.4, -0.2) is 37.6 Å². The van der Waals surface area contributed by atoms with E-state index in [9.17, 15) is 9.59 Å². The first-order chi connectivity index (χ1) is 13.9. The van der Waals surface area contributed by atoms with E-state index in [0.717, 1.165) is 35.7 Å². The van der Waals surface area contributed by atoms with Gasteiger partial charge in [-0.05, 0) is 50.1 Å². The molecule has 0 unspecified atom stereocenters. The monoisotopic (exact) mass is 391 g/mol. The molecule has 150 valence electrons. The maximum atomic E-state index is 13.0. The Morgan fingerprint density at radius 1 is 1.17 bits per heavy atom. The van der Waals surface area contributed by atoms with Crippen molar-refractivity contribution in [3.05, 3.63) is 65.1 Å². The van der Waals surface area contributed by atoms with E-state index in [0.29, 0.717) is 24.2 Å². The molecule has 0 aliphatic carbocycles. The fourth-order valence-corrected chi connectivity index (χ4v) is 3.90. The van der Waals surface area contributed by atoms with Crippen LogP contribution in [0.2, 0.25) is 0 Å². The van der Waals surface area contributed by atoms with Crippen LogP contribution in [-0.2, 0) is 18.4 Å². The van der Waals surface area contributed by atoms with Crippen molar-refractivity contribution in [3.8, 4) is 5.82 Å². The van der Waals surface area contributed by atoms with E-state index in [1.807, 2.05) is 66.8 Å². The van der Waals surface area contributed by atoms with Gasteiger partial charge in [-0.15, -0.1) is 0 Å². The van der Waals surface area contributed by atoms with E-state index in [1.165, 1.54) is 0 Å². The van der Waals surface area contributed by atoms with Crippen molar-refractivity contribution in [2.75, 3.05) is 11.9 Å². The SMILES string of the molecule is Cc1ccc(C)n1-c1c(C(=O)Nc2cccc(CN3CCCC3=O)c2)cnn1C. The number of nitrogens with zero attached hydrogens (tertiary/aromatic N) is 4. The molecule has 2 amide bonds. The van der Waals surface area contributed by atoms with E-state index in [1.54, 1.807) is 10.9 Å². The lowest BCUT2D eigenvalue weighted by Crippen LogP contribution is -2.23. The number of likely N-dealkylation sites (tertiary alicyclic amines) is 1. The van der Waals surface area contributed by atoms with Crippen molar-refractivity contribution in [1.29, 1.82) is 0 Å². The number of aromatic nitrogens is 3. The van der Waals surface area contributed by atoms with Crippen LogP contribution in [0.5, 0.6) is 0 Å². The number of carbonyl (C=O) groups excluding carboxylic acids is 2. The zero-order valence-corrected chi connectivity index (χ0v) is 17.0. The van der Waals surface area contributed by atoms with Crippen LogP contribution in [0.1, 0.15) is 40.2 Å². The number of anilines is 1. The predicted molar refractivity (Wildman–Crippen MR) is 111 cm³/mol. The molecule has 1 fully saturated rings. The molecule has 1 saturated heterocycles. The van der Waals surface area contributed by atoms with Crippen molar-refractivity contribution in [2.45, 2.75) is 33.2 Å². The van der Waals surface area contributed by atoms with Crippen LogP contribution in [0, 0.1) is 13.8 Å². The maximum absolute atomic E-state index is 13.0. The summed E-state index contributed by atoms with van der Waals surface area (Å²) in [6, 6.07) is 11.7. The molecule has 1 N–H and O–H groups in total. The first kappa shape index (κ1) is 19.0. The molecule has 7 nitrogen and oxygen atoms in total. The van der Waals surface area contributed by atoms with Gasteiger partial charge < -0.3 is 14.8 Å². The lowest BCUT2D eigenvalue weighted by molar-refractivity contribution is -0.128. The molecular weight excluding hydrogens is 366 g/mol.